The molecule has 0 saturated heterocycles. The lowest BCUT2D eigenvalue weighted by Crippen LogP contribution is -1.97. The quantitative estimate of drug-likeness (QED) is 0.801. The third-order valence-electron chi connectivity index (χ3n) is 2.42. The highest BCUT2D eigenvalue weighted by Crippen LogP contribution is 2.25. The normalized spacial score (nSPS) is 10.3. The van der Waals surface area contributed by atoms with Crippen molar-refractivity contribution in [3.05, 3.63) is 35.9 Å². The van der Waals surface area contributed by atoms with Crippen molar-refractivity contribution in [3.63, 3.8) is 0 Å². The molecule has 0 saturated carbocycles. The Morgan fingerprint density at radius 2 is 2.00 bits per heavy atom. The molecule has 0 amide bonds. The molecule has 0 fully saturated rings. The van der Waals surface area contributed by atoms with Crippen LogP contribution in [-0.2, 0) is 0 Å². The van der Waals surface area contributed by atoms with Crippen molar-refractivity contribution in [1.82, 2.24) is 10.2 Å². The molecule has 1 aromatic heterocycles. The van der Waals surface area contributed by atoms with E-state index in [0.717, 1.165) is 18.1 Å². The zero-order chi connectivity index (χ0) is 10.7. The van der Waals surface area contributed by atoms with Crippen molar-refractivity contribution in [3.8, 4) is 11.3 Å². The topological polar surface area (TPSA) is 40.7 Å². The van der Waals surface area contributed by atoms with Crippen LogP contribution in [0.15, 0.2) is 30.3 Å². The first kappa shape index (κ1) is 9.77. The van der Waals surface area contributed by atoms with Gasteiger partial charge in [-0.1, -0.05) is 30.3 Å². The molecule has 0 unspecified atom stereocenters. The molecule has 2 N–H and O–H groups in total. The summed E-state index contributed by atoms with van der Waals surface area (Å²) in [5, 5.41) is 10.5. The second-order valence-corrected chi connectivity index (χ2v) is 3.47. The Kier molecular flexibility index (Phi) is 2.72. The van der Waals surface area contributed by atoms with Crippen LogP contribution in [0.4, 0.5) is 5.82 Å². The molecule has 0 aliphatic carbocycles. The van der Waals surface area contributed by atoms with Crippen LogP contribution in [0.25, 0.3) is 11.3 Å². The molecular formula is C12H15N3. The lowest BCUT2D eigenvalue weighted by molar-refractivity contribution is 1.07. The fourth-order valence-electron chi connectivity index (χ4n) is 1.62. The minimum absolute atomic E-state index is 0.889. The molecule has 78 valence electrons. The van der Waals surface area contributed by atoms with Crippen molar-refractivity contribution in [2.45, 2.75) is 13.8 Å². The number of nitrogens with zero attached hydrogens (tertiary/aromatic N) is 1. The van der Waals surface area contributed by atoms with Gasteiger partial charge in [0.2, 0.25) is 0 Å². The average molecular weight is 201 g/mol. The maximum atomic E-state index is 4.25. The van der Waals surface area contributed by atoms with E-state index in [-0.39, 0.29) is 0 Å². The van der Waals surface area contributed by atoms with Crippen molar-refractivity contribution in [2.75, 3.05) is 11.9 Å². The third kappa shape index (κ3) is 1.86. The van der Waals surface area contributed by atoms with Crippen LogP contribution in [0, 0.1) is 6.92 Å². The summed E-state index contributed by atoms with van der Waals surface area (Å²) >= 11 is 0. The summed E-state index contributed by atoms with van der Waals surface area (Å²) in [4.78, 5) is 0. The number of aromatic nitrogens is 2. The fraction of sp³-hybridized carbons (Fsp3) is 0.250. The van der Waals surface area contributed by atoms with E-state index in [1.807, 2.05) is 18.2 Å². The van der Waals surface area contributed by atoms with Crippen LogP contribution in [0.3, 0.4) is 0 Å². The van der Waals surface area contributed by atoms with E-state index in [1.165, 1.54) is 11.1 Å². The van der Waals surface area contributed by atoms with Gasteiger partial charge in [-0.3, -0.25) is 5.10 Å². The number of hydrogen-bond donors (Lipinski definition) is 2. The highest BCUT2D eigenvalue weighted by Gasteiger charge is 2.08. The molecule has 15 heavy (non-hydrogen) atoms. The van der Waals surface area contributed by atoms with Crippen molar-refractivity contribution >= 4 is 5.82 Å². The van der Waals surface area contributed by atoms with Crippen molar-refractivity contribution < 1.29 is 0 Å². The lowest BCUT2D eigenvalue weighted by atomic mass is 10.1. The van der Waals surface area contributed by atoms with E-state index in [0.29, 0.717) is 0 Å². The number of aromatic amines is 1. The van der Waals surface area contributed by atoms with Gasteiger partial charge >= 0.3 is 0 Å². The Bertz CT molecular complexity index is 431. The summed E-state index contributed by atoms with van der Waals surface area (Å²) in [5.41, 5.74) is 3.43. The van der Waals surface area contributed by atoms with Crippen molar-refractivity contribution in [2.24, 2.45) is 0 Å². The number of H-pyrrole nitrogens is 1. The van der Waals surface area contributed by atoms with Gasteiger partial charge in [-0.2, -0.15) is 5.10 Å². The zero-order valence-electron chi connectivity index (χ0n) is 9.04. The molecule has 1 aromatic carbocycles. The molecule has 3 heteroatoms. The first-order valence-corrected chi connectivity index (χ1v) is 5.17. The fourth-order valence-corrected chi connectivity index (χ4v) is 1.62. The zero-order valence-corrected chi connectivity index (χ0v) is 9.04. The largest absolute Gasteiger partial charge is 0.369 e. The molecular weight excluding hydrogens is 186 g/mol. The summed E-state index contributed by atoms with van der Waals surface area (Å²) in [6, 6.07) is 10.2. The molecule has 3 nitrogen and oxygen atoms in total. The maximum absolute atomic E-state index is 4.25. The predicted octanol–water partition coefficient (Wildman–Crippen LogP) is 2.82. The highest BCUT2D eigenvalue weighted by atomic mass is 15.2. The van der Waals surface area contributed by atoms with Gasteiger partial charge in [0.05, 0.1) is 5.69 Å². The van der Waals surface area contributed by atoms with Gasteiger partial charge in [0.25, 0.3) is 0 Å². The molecule has 1 heterocycles. The average Bonchev–Trinajstić information content (AvgIpc) is 2.63. The number of benzene rings is 1. The highest BCUT2D eigenvalue weighted by molar-refractivity contribution is 5.68. The Labute approximate surface area is 89.5 Å². The summed E-state index contributed by atoms with van der Waals surface area (Å²) in [6.45, 7) is 5.03. The van der Waals surface area contributed by atoms with Gasteiger partial charge in [0.15, 0.2) is 5.82 Å². The summed E-state index contributed by atoms with van der Waals surface area (Å²) in [5.74, 6) is 0.941. The first-order valence-electron chi connectivity index (χ1n) is 5.17. The molecule has 0 atom stereocenters. The van der Waals surface area contributed by atoms with E-state index in [4.69, 9.17) is 0 Å². The predicted molar refractivity (Wildman–Crippen MR) is 62.9 cm³/mol. The second-order valence-electron chi connectivity index (χ2n) is 3.47. The van der Waals surface area contributed by atoms with Gasteiger partial charge in [-0.25, -0.2) is 0 Å². The lowest BCUT2D eigenvalue weighted by Gasteiger charge is -2.00. The first-order chi connectivity index (χ1) is 7.33. The second kappa shape index (κ2) is 4.17. The van der Waals surface area contributed by atoms with Gasteiger partial charge < -0.3 is 5.32 Å². The van der Waals surface area contributed by atoms with E-state index >= 15 is 0 Å². The summed E-state index contributed by atoms with van der Waals surface area (Å²) in [7, 11) is 0. The third-order valence-corrected chi connectivity index (χ3v) is 2.42. The van der Waals surface area contributed by atoms with Gasteiger partial charge in [-0.15, -0.1) is 0 Å². The van der Waals surface area contributed by atoms with Crippen LogP contribution in [0.5, 0.6) is 0 Å². The minimum Gasteiger partial charge on any atom is -0.369 e. The van der Waals surface area contributed by atoms with Crippen LogP contribution >= 0.6 is 0 Å². The van der Waals surface area contributed by atoms with E-state index in [2.05, 4.69) is 41.5 Å². The molecule has 2 rings (SSSR count). The number of anilines is 1. The molecule has 0 spiro atoms. The van der Waals surface area contributed by atoms with E-state index in [1.54, 1.807) is 0 Å². The molecule has 2 aromatic rings. The summed E-state index contributed by atoms with van der Waals surface area (Å²) in [6.07, 6.45) is 0. The molecule has 0 aliphatic heterocycles. The van der Waals surface area contributed by atoms with Crippen molar-refractivity contribution in [1.29, 1.82) is 0 Å². The Morgan fingerprint density at radius 1 is 1.27 bits per heavy atom. The summed E-state index contributed by atoms with van der Waals surface area (Å²) < 4.78 is 0. The number of rotatable bonds is 3. The Balaban J connectivity index is 2.38. The van der Waals surface area contributed by atoms with Crippen LogP contribution in [0.1, 0.15) is 12.5 Å². The SMILES string of the molecule is CCNc1n[nH]c(-c2ccccc2)c1C. The van der Waals surface area contributed by atoms with Crippen LogP contribution in [0.2, 0.25) is 0 Å². The Hall–Kier alpha value is -1.77. The number of hydrogen-bond acceptors (Lipinski definition) is 2. The standard InChI is InChI=1S/C12H15N3/c1-3-13-12-9(2)11(14-15-12)10-7-5-4-6-8-10/h4-8H,3H2,1-2H3,(H2,13,14,15). The van der Waals surface area contributed by atoms with E-state index < -0.39 is 0 Å². The monoisotopic (exact) mass is 201 g/mol. The molecule has 0 bridgehead atoms. The smallest absolute Gasteiger partial charge is 0.151 e. The van der Waals surface area contributed by atoms with Gasteiger partial charge in [-0.05, 0) is 19.4 Å². The Morgan fingerprint density at radius 3 is 2.67 bits per heavy atom. The maximum Gasteiger partial charge on any atom is 0.151 e. The van der Waals surface area contributed by atoms with E-state index in [9.17, 15) is 0 Å². The number of nitrogens with one attached hydrogen (secondary N) is 2. The molecule has 0 aliphatic rings. The van der Waals surface area contributed by atoms with Crippen LogP contribution < -0.4 is 5.32 Å². The van der Waals surface area contributed by atoms with Crippen LogP contribution in [-0.4, -0.2) is 16.7 Å². The minimum atomic E-state index is 0.889. The van der Waals surface area contributed by atoms with Gasteiger partial charge in [0, 0.05) is 12.1 Å². The molecule has 0 radical (unpaired) electrons. The van der Waals surface area contributed by atoms with Gasteiger partial charge in [0.1, 0.15) is 0 Å².